The highest BCUT2D eigenvalue weighted by Crippen LogP contribution is 2.28. The van der Waals surface area contributed by atoms with Crippen molar-refractivity contribution in [3.63, 3.8) is 0 Å². The van der Waals surface area contributed by atoms with Gasteiger partial charge in [-0.25, -0.2) is 8.42 Å². The maximum Gasteiger partial charge on any atom is 0.263 e. The molecule has 0 atom stereocenters. The smallest absolute Gasteiger partial charge is 0.263 e. The Balaban J connectivity index is 2.43. The molecule has 0 saturated heterocycles. The highest BCUT2D eigenvalue weighted by Gasteiger charge is 2.19. The molecule has 3 nitrogen and oxygen atoms in total. The van der Waals surface area contributed by atoms with E-state index in [-0.39, 0.29) is 9.92 Å². The molecular formula is C13H10Cl2INO2S. The minimum absolute atomic E-state index is 0.0374. The van der Waals surface area contributed by atoms with Crippen LogP contribution in [0.2, 0.25) is 10.0 Å². The van der Waals surface area contributed by atoms with Crippen LogP contribution in [0, 0.1) is 10.5 Å². The number of halogens is 3. The van der Waals surface area contributed by atoms with E-state index in [1.807, 2.05) is 19.1 Å². The fraction of sp³-hybridized carbons (Fsp3) is 0.0769. The summed E-state index contributed by atoms with van der Waals surface area (Å²) >= 11 is 13.9. The molecule has 7 heteroatoms. The molecule has 0 aliphatic carbocycles. The van der Waals surface area contributed by atoms with E-state index in [0.29, 0.717) is 10.7 Å². The largest absolute Gasteiger partial charge is 0.279 e. The number of hydrogen-bond acceptors (Lipinski definition) is 2. The van der Waals surface area contributed by atoms with Crippen LogP contribution in [0.1, 0.15) is 5.56 Å². The molecular weight excluding hydrogens is 432 g/mol. The second kappa shape index (κ2) is 6.09. The van der Waals surface area contributed by atoms with Gasteiger partial charge in [0, 0.05) is 8.59 Å². The van der Waals surface area contributed by atoms with Crippen LogP contribution in [0.5, 0.6) is 0 Å². The van der Waals surface area contributed by atoms with Crippen LogP contribution in [-0.2, 0) is 10.0 Å². The lowest BCUT2D eigenvalue weighted by atomic mass is 10.2. The van der Waals surface area contributed by atoms with Crippen molar-refractivity contribution in [1.82, 2.24) is 0 Å². The third-order valence-electron chi connectivity index (χ3n) is 2.62. The maximum atomic E-state index is 12.4. The Morgan fingerprint density at radius 3 is 2.45 bits per heavy atom. The van der Waals surface area contributed by atoms with Crippen LogP contribution in [0.4, 0.5) is 5.69 Å². The molecule has 0 amide bonds. The third kappa shape index (κ3) is 3.58. The summed E-state index contributed by atoms with van der Waals surface area (Å²) in [6.07, 6.45) is 0. The quantitative estimate of drug-likeness (QED) is 0.701. The van der Waals surface area contributed by atoms with Crippen molar-refractivity contribution < 1.29 is 8.42 Å². The van der Waals surface area contributed by atoms with Gasteiger partial charge < -0.3 is 0 Å². The van der Waals surface area contributed by atoms with Crippen molar-refractivity contribution in [1.29, 1.82) is 0 Å². The van der Waals surface area contributed by atoms with Crippen LogP contribution >= 0.6 is 45.8 Å². The fourth-order valence-electron chi connectivity index (χ4n) is 1.62. The van der Waals surface area contributed by atoms with Crippen LogP contribution in [-0.4, -0.2) is 8.42 Å². The first-order valence-corrected chi connectivity index (χ1v) is 8.85. The van der Waals surface area contributed by atoms with E-state index in [0.717, 1.165) is 9.13 Å². The SMILES string of the molecule is Cc1cc(I)ccc1NS(=O)(=O)c1cc(Cl)ccc1Cl. The Bertz CT molecular complexity index is 763. The van der Waals surface area contributed by atoms with Gasteiger partial charge >= 0.3 is 0 Å². The molecule has 0 bridgehead atoms. The van der Waals surface area contributed by atoms with Gasteiger partial charge in [-0.15, -0.1) is 0 Å². The van der Waals surface area contributed by atoms with Crippen LogP contribution in [0.15, 0.2) is 41.3 Å². The monoisotopic (exact) mass is 441 g/mol. The summed E-state index contributed by atoms with van der Waals surface area (Å²) in [6, 6.07) is 9.75. The standard InChI is InChI=1S/C13H10Cl2INO2S/c1-8-6-10(16)3-5-12(8)17-20(18,19)13-7-9(14)2-4-11(13)15/h2-7,17H,1H3. The van der Waals surface area contributed by atoms with Crippen LogP contribution in [0.3, 0.4) is 0 Å². The predicted octanol–water partition coefficient (Wildman–Crippen LogP) is 4.71. The second-order valence-corrected chi connectivity index (χ2v) is 7.88. The van der Waals surface area contributed by atoms with Gasteiger partial charge in [0.05, 0.1) is 10.7 Å². The van der Waals surface area contributed by atoms with E-state index in [1.165, 1.54) is 12.1 Å². The summed E-state index contributed by atoms with van der Waals surface area (Å²) in [5, 5.41) is 0.444. The zero-order valence-corrected chi connectivity index (χ0v) is 14.8. The van der Waals surface area contributed by atoms with Crippen molar-refractivity contribution in [2.24, 2.45) is 0 Å². The third-order valence-corrected chi connectivity index (χ3v) is 5.37. The lowest BCUT2D eigenvalue weighted by Crippen LogP contribution is -2.14. The van der Waals surface area contributed by atoms with Crippen molar-refractivity contribution >= 4 is 61.5 Å². The van der Waals surface area contributed by atoms with Gasteiger partial charge in [-0.05, 0) is 71.5 Å². The van der Waals surface area contributed by atoms with Gasteiger partial charge in [0.25, 0.3) is 10.0 Å². The molecule has 1 N–H and O–H groups in total. The van der Waals surface area contributed by atoms with Gasteiger partial charge in [-0.1, -0.05) is 23.2 Å². The Labute approximate surface area is 141 Å². The van der Waals surface area contributed by atoms with E-state index < -0.39 is 10.0 Å². The van der Waals surface area contributed by atoms with Crippen molar-refractivity contribution in [2.45, 2.75) is 11.8 Å². The molecule has 2 rings (SSSR count). The summed E-state index contributed by atoms with van der Waals surface area (Å²) in [7, 11) is -3.77. The molecule has 0 unspecified atom stereocenters. The number of anilines is 1. The highest BCUT2D eigenvalue weighted by atomic mass is 127. The normalized spacial score (nSPS) is 11.4. The molecule has 0 heterocycles. The number of nitrogens with one attached hydrogen (secondary N) is 1. The van der Waals surface area contributed by atoms with Gasteiger partial charge in [0.15, 0.2) is 0 Å². The number of benzene rings is 2. The fourth-order valence-corrected chi connectivity index (χ4v) is 4.17. The first-order chi connectivity index (χ1) is 9.29. The number of hydrogen-bond donors (Lipinski definition) is 1. The van der Waals surface area contributed by atoms with Crippen molar-refractivity contribution in [3.05, 3.63) is 55.6 Å². The van der Waals surface area contributed by atoms with E-state index in [2.05, 4.69) is 27.3 Å². The molecule has 0 aliphatic heterocycles. The lowest BCUT2D eigenvalue weighted by molar-refractivity contribution is 0.601. The minimum atomic E-state index is -3.77. The molecule has 20 heavy (non-hydrogen) atoms. The Kier molecular flexibility index (Phi) is 4.84. The zero-order valence-electron chi connectivity index (χ0n) is 10.3. The maximum absolute atomic E-state index is 12.4. The van der Waals surface area contributed by atoms with Gasteiger partial charge in [-0.3, -0.25) is 4.72 Å². The molecule has 0 aromatic heterocycles. The Morgan fingerprint density at radius 1 is 1.10 bits per heavy atom. The molecule has 0 aliphatic rings. The average Bonchev–Trinajstić information content (AvgIpc) is 2.35. The van der Waals surface area contributed by atoms with Crippen LogP contribution < -0.4 is 4.72 Å². The minimum Gasteiger partial charge on any atom is -0.279 e. The Morgan fingerprint density at radius 2 is 1.80 bits per heavy atom. The number of aryl methyl sites for hydroxylation is 1. The average molecular weight is 442 g/mol. The first kappa shape index (κ1) is 15.9. The van der Waals surface area contributed by atoms with Crippen molar-refractivity contribution in [2.75, 3.05) is 4.72 Å². The van der Waals surface area contributed by atoms with Gasteiger partial charge in [-0.2, -0.15) is 0 Å². The van der Waals surface area contributed by atoms with Crippen molar-refractivity contribution in [3.8, 4) is 0 Å². The highest BCUT2D eigenvalue weighted by molar-refractivity contribution is 14.1. The summed E-state index contributed by atoms with van der Waals surface area (Å²) in [4.78, 5) is -0.0374. The Hall–Kier alpha value is -0.500. The molecule has 106 valence electrons. The van der Waals surface area contributed by atoms with E-state index >= 15 is 0 Å². The predicted molar refractivity (Wildman–Crippen MR) is 91.2 cm³/mol. The molecule has 2 aromatic rings. The zero-order chi connectivity index (χ0) is 14.9. The lowest BCUT2D eigenvalue weighted by Gasteiger charge is -2.12. The number of sulfonamides is 1. The summed E-state index contributed by atoms with van der Waals surface area (Å²) in [5.41, 5.74) is 1.35. The summed E-state index contributed by atoms with van der Waals surface area (Å²) < 4.78 is 28.3. The van der Waals surface area contributed by atoms with E-state index in [9.17, 15) is 8.42 Å². The molecule has 0 saturated carbocycles. The molecule has 0 spiro atoms. The summed E-state index contributed by atoms with van der Waals surface area (Å²) in [5.74, 6) is 0. The van der Waals surface area contributed by atoms with E-state index in [1.54, 1.807) is 12.1 Å². The first-order valence-electron chi connectivity index (χ1n) is 5.53. The van der Waals surface area contributed by atoms with E-state index in [4.69, 9.17) is 23.2 Å². The topological polar surface area (TPSA) is 46.2 Å². The second-order valence-electron chi connectivity index (χ2n) is 4.14. The van der Waals surface area contributed by atoms with Crippen LogP contribution in [0.25, 0.3) is 0 Å². The molecule has 0 fully saturated rings. The molecule has 2 aromatic carbocycles. The molecule has 0 radical (unpaired) electrons. The summed E-state index contributed by atoms with van der Waals surface area (Å²) in [6.45, 7) is 1.83. The number of rotatable bonds is 3. The van der Waals surface area contributed by atoms with Gasteiger partial charge in [0.2, 0.25) is 0 Å². The van der Waals surface area contributed by atoms with Gasteiger partial charge in [0.1, 0.15) is 4.90 Å².